The Labute approximate surface area is 138 Å². The minimum atomic E-state index is -1.31. The van der Waals surface area contributed by atoms with E-state index < -0.39 is 17.4 Å². The van der Waals surface area contributed by atoms with Crippen LogP contribution in [0.1, 0.15) is 18.4 Å². The van der Waals surface area contributed by atoms with E-state index in [0.29, 0.717) is 18.4 Å². The van der Waals surface area contributed by atoms with Gasteiger partial charge in [-0.3, -0.25) is 5.32 Å². The maximum absolute atomic E-state index is 14.4. The van der Waals surface area contributed by atoms with Gasteiger partial charge >= 0.3 is 6.09 Å². The maximum atomic E-state index is 14.4. The lowest BCUT2D eigenvalue weighted by atomic mass is 9.80. The number of thiocarbonyl (C=S) groups is 1. The van der Waals surface area contributed by atoms with Crippen LogP contribution in [0.3, 0.4) is 0 Å². The number of benzene rings is 1. The van der Waals surface area contributed by atoms with Crippen LogP contribution in [0.15, 0.2) is 24.3 Å². The smallest absolute Gasteiger partial charge is 0.410 e. The molecule has 23 heavy (non-hydrogen) atoms. The molecule has 4 N–H and O–H groups in total. The fourth-order valence-electron chi connectivity index (χ4n) is 3.24. The molecule has 1 fully saturated rings. The molecule has 0 heterocycles. The minimum Gasteiger partial charge on any atom is -0.465 e. The Morgan fingerprint density at radius 1 is 1.52 bits per heavy atom. The molecule has 0 spiro atoms. The summed E-state index contributed by atoms with van der Waals surface area (Å²) in [7, 11) is 1.55. The number of carbonyl (C=O) groups is 1. The molecule has 1 aliphatic carbocycles. The lowest BCUT2D eigenvalue weighted by Gasteiger charge is -2.37. The Morgan fingerprint density at radius 3 is 2.78 bits per heavy atom. The molecule has 1 aliphatic rings. The highest BCUT2D eigenvalue weighted by molar-refractivity contribution is 7.80. The molecule has 1 saturated carbocycles. The van der Waals surface area contributed by atoms with Crippen molar-refractivity contribution in [3.05, 3.63) is 35.6 Å². The minimum absolute atomic E-state index is 0.143. The topological polar surface area (TPSA) is 90.8 Å². The molecule has 3 atom stereocenters. The molecular weight excluding hydrogens is 323 g/mol. The third-order valence-electron chi connectivity index (χ3n) is 4.26. The highest BCUT2D eigenvalue weighted by Gasteiger charge is 2.50. The summed E-state index contributed by atoms with van der Waals surface area (Å²) < 4.78 is 19.8. The van der Waals surface area contributed by atoms with Crippen molar-refractivity contribution in [2.45, 2.75) is 24.5 Å². The number of hydrogen-bond acceptors (Lipinski definition) is 4. The van der Waals surface area contributed by atoms with Gasteiger partial charge in [-0.15, -0.1) is 0 Å². The summed E-state index contributed by atoms with van der Waals surface area (Å²) >= 11 is 5.01. The van der Waals surface area contributed by atoms with E-state index in [-0.39, 0.29) is 23.7 Å². The summed E-state index contributed by atoms with van der Waals surface area (Å²) in [4.78, 5) is 10.8. The van der Waals surface area contributed by atoms with E-state index in [2.05, 4.69) is 10.6 Å². The van der Waals surface area contributed by atoms with E-state index in [1.165, 1.54) is 6.07 Å². The standard InChI is InChI=1S/C15H19FN2O4S/c1-22-10-6-9(8-19)15(7-10,18-13(23)17-14(20)21)11-4-2-3-5-12(11)16/h2-5,9-10,19H,6-8H2,1H3,(H,20,21)(H2,17,18,23)/t9-,10-,15-/m0/s1. The van der Waals surface area contributed by atoms with Crippen molar-refractivity contribution in [2.75, 3.05) is 13.7 Å². The van der Waals surface area contributed by atoms with Crippen LogP contribution in [0.25, 0.3) is 0 Å². The normalized spacial score (nSPS) is 26.7. The number of nitrogens with one attached hydrogen (secondary N) is 2. The second-order valence-corrected chi connectivity index (χ2v) is 5.92. The van der Waals surface area contributed by atoms with Crippen LogP contribution in [0.4, 0.5) is 9.18 Å². The molecule has 0 aliphatic heterocycles. The average molecular weight is 342 g/mol. The van der Waals surface area contributed by atoms with Gasteiger partial charge in [0.25, 0.3) is 0 Å². The van der Waals surface area contributed by atoms with Crippen LogP contribution in [-0.2, 0) is 10.3 Å². The first-order valence-electron chi connectivity index (χ1n) is 7.13. The zero-order chi connectivity index (χ0) is 17.0. The highest BCUT2D eigenvalue weighted by Crippen LogP contribution is 2.45. The second-order valence-electron chi connectivity index (χ2n) is 5.51. The Bertz CT molecular complexity index is 601. The largest absolute Gasteiger partial charge is 0.465 e. The number of amides is 1. The highest BCUT2D eigenvalue weighted by atomic mass is 32.1. The van der Waals surface area contributed by atoms with Crippen molar-refractivity contribution in [2.24, 2.45) is 5.92 Å². The van der Waals surface area contributed by atoms with Crippen molar-refractivity contribution in [3.8, 4) is 0 Å². The summed E-state index contributed by atoms with van der Waals surface area (Å²) in [5.41, 5.74) is -0.714. The first kappa shape index (κ1) is 17.6. The van der Waals surface area contributed by atoms with Gasteiger partial charge in [0.15, 0.2) is 5.11 Å². The fourth-order valence-corrected chi connectivity index (χ4v) is 3.51. The first-order valence-corrected chi connectivity index (χ1v) is 7.54. The van der Waals surface area contributed by atoms with Crippen LogP contribution in [0.2, 0.25) is 0 Å². The van der Waals surface area contributed by atoms with E-state index in [0.717, 1.165) is 0 Å². The van der Waals surface area contributed by atoms with Gasteiger partial charge in [-0.25, -0.2) is 9.18 Å². The van der Waals surface area contributed by atoms with E-state index in [9.17, 15) is 14.3 Å². The molecular formula is C15H19FN2O4S. The van der Waals surface area contributed by atoms with Crippen LogP contribution in [0.5, 0.6) is 0 Å². The molecule has 0 radical (unpaired) electrons. The van der Waals surface area contributed by atoms with Gasteiger partial charge in [0.05, 0.1) is 11.6 Å². The van der Waals surface area contributed by atoms with Gasteiger partial charge in [-0.1, -0.05) is 18.2 Å². The van der Waals surface area contributed by atoms with Gasteiger partial charge in [-0.05, 0) is 24.7 Å². The number of hydrogen-bond donors (Lipinski definition) is 4. The van der Waals surface area contributed by atoms with Gasteiger partial charge in [-0.2, -0.15) is 0 Å². The monoisotopic (exact) mass is 342 g/mol. The third kappa shape index (κ3) is 3.60. The van der Waals surface area contributed by atoms with Crippen molar-refractivity contribution in [3.63, 3.8) is 0 Å². The zero-order valence-electron chi connectivity index (χ0n) is 12.6. The second kappa shape index (κ2) is 7.20. The number of aliphatic hydroxyl groups is 1. The number of rotatable bonds is 4. The quantitative estimate of drug-likeness (QED) is 0.621. The van der Waals surface area contributed by atoms with Gasteiger partial charge in [0, 0.05) is 31.6 Å². The fraction of sp³-hybridized carbons (Fsp3) is 0.467. The lowest BCUT2D eigenvalue weighted by Crippen LogP contribution is -2.54. The third-order valence-corrected chi connectivity index (χ3v) is 4.46. The van der Waals surface area contributed by atoms with Crippen molar-refractivity contribution < 1.29 is 24.1 Å². The van der Waals surface area contributed by atoms with E-state index in [4.69, 9.17) is 22.1 Å². The van der Waals surface area contributed by atoms with Gasteiger partial charge in [0.2, 0.25) is 0 Å². The Balaban J connectivity index is 2.44. The average Bonchev–Trinajstić information content (AvgIpc) is 2.85. The molecule has 2 rings (SSSR count). The SMILES string of the molecule is CO[C@H]1C[C@@H](CO)[C@](NC(=S)NC(=O)O)(c2ccccc2F)C1. The van der Waals surface area contributed by atoms with E-state index >= 15 is 0 Å². The van der Waals surface area contributed by atoms with Crippen LogP contribution >= 0.6 is 12.2 Å². The Kier molecular flexibility index (Phi) is 5.51. The molecule has 6 nitrogen and oxygen atoms in total. The molecule has 1 aromatic rings. The van der Waals surface area contributed by atoms with Gasteiger partial charge < -0.3 is 20.3 Å². The molecule has 0 aromatic heterocycles. The number of ether oxygens (including phenoxy) is 1. The molecule has 126 valence electrons. The predicted octanol–water partition coefficient (Wildman–Crippen LogP) is 1.58. The Hall–Kier alpha value is -1.77. The van der Waals surface area contributed by atoms with Crippen molar-refractivity contribution >= 4 is 23.4 Å². The van der Waals surface area contributed by atoms with E-state index in [1.54, 1.807) is 25.3 Å². The number of aliphatic hydroxyl groups excluding tert-OH is 1. The number of halogens is 1. The number of methoxy groups -OCH3 is 1. The molecule has 8 heteroatoms. The van der Waals surface area contributed by atoms with Crippen LogP contribution in [-0.4, -0.2) is 41.2 Å². The molecule has 1 aromatic carbocycles. The van der Waals surface area contributed by atoms with Gasteiger partial charge in [0.1, 0.15) is 5.82 Å². The summed E-state index contributed by atoms with van der Waals surface area (Å²) in [6.45, 7) is -0.211. The van der Waals surface area contributed by atoms with Crippen molar-refractivity contribution in [1.29, 1.82) is 0 Å². The molecule has 0 bridgehead atoms. The Morgan fingerprint density at radius 2 is 2.22 bits per heavy atom. The number of carboxylic acid groups (broad SMARTS) is 1. The van der Waals surface area contributed by atoms with Crippen molar-refractivity contribution in [1.82, 2.24) is 10.6 Å². The zero-order valence-corrected chi connectivity index (χ0v) is 13.4. The van der Waals surface area contributed by atoms with Crippen LogP contribution < -0.4 is 10.6 Å². The van der Waals surface area contributed by atoms with E-state index in [1.807, 2.05) is 0 Å². The predicted molar refractivity (Wildman–Crippen MR) is 85.6 cm³/mol. The lowest BCUT2D eigenvalue weighted by molar-refractivity contribution is 0.0992. The summed E-state index contributed by atoms with van der Waals surface area (Å²) in [5, 5.41) is 23.4. The molecule has 0 saturated heterocycles. The molecule has 0 unspecified atom stereocenters. The summed E-state index contributed by atoms with van der Waals surface area (Å²) in [6, 6.07) is 6.18. The first-order chi connectivity index (χ1) is 10.9. The maximum Gasteiger partial charge on any atom is 0.410 e. The summed E-state index contributed by atoms with van der Waals surface area (Å²) in [5.74, 6) is -0.828. The summed E-state index contributed by atoms with van der Waals surface area (Å²) in [6.07, 6.45) is -0.652. The molecule has 1 amide bonds. The van der Waals surface area contributed by atoms with Crippen LogP contribution in [0, 0.1) is 11.7 Å².